The topological polar surface area (TPSA) is 64.2 Å². The Morgan fingerprint density at radius 3 is 2.56 bits per heavy atom. The molecule has 5 nitrogen and oxygen atoms in total. The number of H-pyrrole nitrogens is 1. The van der Waals surface area contributed by atoms with Crippen LogP contribution >= 0.6 is 0 Å². The number of aromatic amines is 1. The van der Waals surface area contributed by atoms with Gasteiger partial charge >= 0.3 is 0 Å². The molecular weight excluding hydrogens is 504 g/mol. The van der Waals surface area contributed by atoms with Crippen molar-refractivity contribution in [1.82, 2.24) is 20.2 Å². The normalized spacial score (nSPS) is 34.9. The van der Waals surface area contributed by atoms with Crippen molar-refractivity contribution in [2.75, 3.05) is 26.2 Å². The molecule has 3 aliphatic heterocycles. The minimum absolute atomic E-state index is 0.0223. The van der Waals surface area contributed by atoms with Gasteiger partial charge < -0.3 is 20.3 Å². The second kappa shape index (κ2) is 11.5. The van der Waals surface area contributed by atoms with Crippen molar-refractivity contribution < 1.29 is 5.11 Å². The number of nitrogens with zero attached hydrogens (tertiary/aromatic N) is 2. The molecule has 5 heteroatoms. The third kappa shape index (κ3) is 5.00. The van der Waals surface area contributed by atoms with Crippen LogP contribution in [-0.2, 0) is 0 Å². The van der Waals surface area contributed by atoms with E-state index >= 15 is 0 Å². The van der Waals surface area contributed by atoms with Crippen molar-refractivity contribution in [1.29, 1.82) is 0 Å². The van der Waals surface area contributed by atoms with E-state index in [-0.39, 0.29) is 11.5 Å². The van der Waals surface area contributed by atoms with Crippen LogP contribution in [0.3, 0.4) is 0 Å². The quantitative estimate of drug-likeness (QED) is 0.282. The summed E-state index contributed by atoms with van der Waals surface area (Å²) in [6.07, 6.45) is 25.8. The molecule has 7 rings (SSSR count). The largest absolute Gasteiger partial charge is 0.384 e. The first-order valence-corrected chi connectivity index (χ1v) is 16.2. The van der Waals surface area contributed by atoms with E-state index in [1.165, 1.54) is 35.6 Å². The highest BCUT2D eigenvalue weighted by Gasteiger charge is 2.58. The number of benzene rings is 1. The van der Waals surface area contributed by atoms with E-state index in [0.29, 0.717) is 5.92 Å². The lowest BCUT2D eigenvalue weighted by atomic mass is 9.53. The molecule has 1 spiro atoms. The Morgan fingerprint density at radius 1 is 0.854 bits per heavy atom. The summed E-state index contributed by atoms with van der Waals surface area (Å²) in [6, 6.07) is 10.7. The third-order valence-electron chi connectivity index (χ3n) is 10.6. The number of allylic oxidation sites excluding steroid dienone is 5. The van der Waals surface area contributed by atoms with Gasteiger partial charge in [-0.2, -0.15) is 0 Å². The first-order valence-electron chi connectivity index (χ1n) is 16.2. The summed E-state index contributed by atoms with van der Waals surface area (Å²) >= 11 is 0. The Labute approximate surface area is 244 Å². The van der Waals surface area contributed by atoms with Gasteiger partial charge in [-0.05, 0) is 120 Å². The van der Waals surface area contributed by atoms with Crippen molar-refractivity contribution in [3.8, 4) is 0 Å². The molecule has 2 aromatic heterocycles. The molecule has 0 saturated carbocycles. The van der Waals surface area contributed by atoms with Crippen molar-refractivity contribution >= 4 is 27.4 Å². The number of fused-ring (bicyclic) bond motifs is 4. The number of hydrogen-bond acceptors (Lipinski definition) is 4. The SMILES string of the molecule is O[C@]12C=C(c3nccc4c3[nH]c3ccccc34)[C@@H]3CCN(CCCC/C=C\CC1)C[C@@]31CC/C=C\CCCCN[C@H]12. The first kappa shape index (κ1) is 27.1. The molecule has 0 radical (unpaired) electrons. The van der Waals surface area contributed by atoms with E-state index in [9.17, 15) is 5.11 Å². The summed E-state index contributed by atoms with van der Waals surface area (Å²) in [6.45, 7) is 4.27. The predicted molar refractivity (Wildman–Crippen MR) is 170 cm³/mol. The predicted octanol–water partition coefficient (Wildman–Crippen LogP) is 7.15. The molecule has 216 valence electrons. The fourth-order valence-corrected chi connectivity index (χ4v) is 8.69. The van der Waals surface area contributed by atoms with Crippen molar-refractivity contribution in [3.63, 3.8) is 0 Å². The zero-order valence-corrected chi connectivity index (χ0v) is 24.5. The monoisotopic (exact) mass is 550 g/mol. The van der Waals surface area contributed by atoms with Crippen molar-refractivity contribution in [3.05, 3.63) is 72.6 Å². The summed E-state index contributed by atoms with van der Waals surface area (Å²) < 4.78 is 0. The molecule has 1 aliphatic carbocycles. The van der Waals surface area contributed by atoms with Crippen LogP contribution in [0.25, 0.3) is 27.4 Å². The average molecular weight is 551 g/mol. The molecule has 1 unspecified atom stereocenters. The Kier molecular flexibility index (Phi) is 7.61. The standard InChI is InChI=1S/C36H46N4O/c41-36-20-12-6-2-4-8-14-23-40-24-18-30(35(26-40)19-11-5-1-3-7-13-21-38-34(35)36)29(25-36)32-33-28(17-22-37-32)27-15-9-10-16-31(27)39-33/h1-2,5-6,9-10,15-17,22,25,30,34,38-39,41H,3-4,7-8,11-14,18-21,23-24,26H2/b5-1-,6-2-/t30-,34+,35-,36-/m0/s1. The molecule has 1 fully saturated rings. The number of aliphatic hydroxyl groups is 1. The number of para-hydroxylation sites is 1. The number of nitrogens with one attached hydrogen (secondary N) is 2. The van der Waals surface area contributed by atoms with Crippen LogP contribution in [0.4, 0.5) is 0 Å². The third-order valence-corrected chi connectivity index (χ3v) is 10.6. The second-order valence-electron chi connectivity index (χ2n) is 13.1. The van der Waals surface area contributed by atoms with E-state index in [2.05, 4.69) is 75.9 Å². The van der Waals surface area contributed by atoms with Crippen molar-refractivity contribution in [2.45, 2.75) is 82.3 Å². The Bertz CT molecular complexity index is 1470. The zero-order chi connectivity index (χ0) is 27.7. The van der Waals surface area contributed by atoms with Gasteiger partial charge in [0, 0.05) is 40.5 Å². The molecule has 4 aliphatic rings. The summed E-state index contributed by atoms with van der Waals surface area (Å²) in [4.78, 5) is 11.6. The Balaban J connectivity index is 1.44. The maximum absolute atomic E-state index is 12.9. The average Bonchev–Trinajstić information content (AvgIpc) is 3.35. The van der Waals surface area contributed by atoms with E-state index in [0.717, 1.165) is 94.3 Å². The van der Waals surface area contributed by atoms with Gasteiger partial charge in [-0.25, -0.2) is 0 Å². The van der Waals surface area contributed by atoms with Gasteiger partial charge in [0.25, 0.3) is 0 Å². The van der Waals surface area contributed by atoms with Crippen LogP contribution in [0.15, 0.2) is 66.9 Å². The highest BCUT2D eigenvalue weighted by molar-refractivity contribution is 6.09. The second-order valence-corrected chi connectivity index (χ2v) is 13.1. The maximum atomic E-state index is 12.9. The summed E-state index contributed by atoms with van der Waals surface area (Å²) in [5.41, 5.74) is 3.55. The summed E-state index contributed by atoms with van der Waals surface area (Å²) in [7, 11) is 0. The van der Waals surface area contributed by atoms with Crippen LogP contribution in [0.5, 0.6) is 0 Å². The van der Waals surface area contributed by atoms with E-state index < -0.39 is 5.60 Å². The fraction of sp³-hybridized carbons (Fsp3) is 0.528. The summed E-state index contributed by atoms with van der Waals surface area (Å²) in [5, 5.41) is 19.4. The molecule has 41 heavy (non-hydrogen) atoms. The molecule has 0 amide bonds. The molecule has 1 saturated heterocycles. The lowest BCUT2D eigenvalue weighted by Crippen LogP contribution is -2.68. The maximum Gasteiger partial charge on any atom is 0.0995 e. The van der Waals surface area contributed by atoms with Gasteiger partial charge in [0.1, 0.15) is 0 Å². The van der Waals surface area contributed by atoms with E-state index in [1.54, 1.807) is 0 Å². The molecule has 3 bridgehead atoms. The fourth-order valence-electron chi connectivity index (χ4n) is 8.69. The van der Waals surface area contributed by atoms with Gasteiger partial charge in [-0.3, -0.25) is 4.98 Å². The minimum Gasteiger partial charge on any atom is -0.384 e. The summed E-state index contributed by atoms with van der Waals surface area (Å²) in [5.74, 6) is 0.343. The Hall–Kier alpha value is -2.73. The number of aromatic nitrogens is 2. The van der Waals surface area contributed by atoms with Gasteiger partial charge in [0.05, 0.1) is 16.8 Å². The number of piperidine rings is 1. The highest BCUT2D eigenvalue weighted by atomic mass is 16.3. The van der Waals surface area contributed by atoms with Crippen LogP contribution in [0.2, 0.25) is 0 Å². The zero-order valence-electron chi connectivity index (χ0n) is 24.5. The molecule has 5 atom stereocenters. The van der Waals surface area contributed by atoms with Crippen LogP contribution < -0.4 is 5.32 Å². The Morgan fingerprint density at radius 2 is 1.66 bits per heavy atom. The van der Waals surface area contributed by atoms with E-state index in [4.69, 9.17) is 4.98 Å². The first-order chi connectivity index (χ1) is 20.2. The molecular formula is C36H46N4O. The van der Waals surface area contributed by atoms with E-state index in [1.807, 2.05) is 6.20 Å². The molecule has 1 aromatic carbocycles. The number of pyridine rings is 1. The lowest BCUT2D eigenvalue weighted by molar-refractivity contribution is -0.0798. The van der Waals surface area contributed by atoms with Gasteiger partial charge in [0.2, 0.25) is 0 Å². The van der Waals surface area contributed by atoms with Crippen LogP contribution in [0, 0.1) is 11.3 Å². The molecule has 3 aromatic rings. The number of hydrogen-bond donors (Lipinski definition) is 3. The molecule has 5 heterocycles. The number of rotatable bonds is 1. The lowest BCUT2D eigenvalue weighted by Gasteiger charge is -2.60. The van der Waals surface area contributed by atoms with Gasteiger partial charge in [-0.15, -0.1) is 0 Å². The van der Waals surface area contributed by atoms with Crippen LogP contribution in [-0.4, -0.2) is 57.8 Å². The minimum atomic E-state index is -0.944. The van der Waals surface area contributed by atoms with Crippen LogP contribution in [0.1, 0.15) is 76.3 Å². The molecule has 3 N–H and O–H groups in total. The van der Waals surface area contributed by atoms with Crippen molar-refractivity contribution in [2.24, 2.45) is 11.3 Å². The smallest absolute Gasteiger partial charge is 0.0995 e. The highest BCUT2D eigenvalue weighted by Crippen LogP contribution is 2.56. The van der Waals surface area contributed by atoms with Gasteiger partial charge in [0.15, 0.2) is 0 Å². The van der Waals surface area contributed by atoms with Gasteiger partial charge in [-0.1, -0.05) is 42.5 Å².